The van der Waals surface area contributed by atoms with Crippen molar-refractivity contribution in [3.05, 3.63) is 73.0 Å². The van der Waals surface area contributed by atoms with Crippen molar-refractivity contribution in [2.45, 2.75) is 0 Å². The smallest absolute Gasteiger partial charge is 0.258 e. The molecule has 2 aromatic carbocycles. The van der Waals surface area contributed by atoms with Gasteiger partial charge in [-0.15, -0.1) is 0 Å². The largest absolute Gasteiger partial charge is 0.270 e. The van der Waals surface area contributed by atoms with Gasteiger partial charge in [-0.25, -0.2) is 5.10 Å². The molecule has 0 spiro atoms. The van der Waals surface area contributed by atoms with E-state index in [9.17, 15) is 10.1 Å². The highest BCUT2D eigenvalue weighted by Crippen LogP contribution is 2.29. The summed E-state index contributed by atoms with van der Waals surface area (Å²) in [5, 5.41) is 22.8. The van der Waals surface area contributed by atoms with Gasteiger partial charge < -0.3 is 0 Å². The highest BCUT2D eigenvalue weighted by atomic mass is 35.5. The number of hydrogen-bond acceptors (Lipinski definition) is 5. The van der Waals surface area contributed by atoms with Crippen molar-refractivity contribution in [2.75, 3.05) is 0 Å². The van der Waals surface area contributed by atoms with Crippen LogP contribution in [0, 0.1) is 14.9 Å². The van der Waals surface area contributed by atoms with E-state index in [0.717, 1.165) is 0 Å². The van der Waals surface area contributed by atoms with Crippen molar-refractivity contribution in [1.82, 2.24) is 14.9 Å². The number of nitrogens with zero attached hydrogens (tertiary/aromatic N) is 4. The summed E-state index contributed by atoms with van der Waals surface area (Å²) in [6.07, 6.45) is 1.45. The summed E-state index contributed by atoms with van der Waals surface area (Å²) in [5.41, 5.74) is 1.11. The van der Waals surface area contributed by atoms with Crippen LogP contribution < -0.4 is 0 Å². The first-order valence-corrected chi connectivity index (χ1v) is 8.04. The minimum Gasteiger partial charge on any atom is -0.258 e. The van der Waals surface area contributed by atoms with Crippen molar-refractivity contribution in [1.29, 1.82) is 0 Å². The molecule has 25 heavy (non-hydrogen) atoms. The van der Waals surface area contributed by atoms with Crippen LogP contribution in [0.4, 0.5) is 5.69 Å². The van der Waals surface area contributed by atoms with Crippen LogP contribution in [0.1, 0.15) is 5.56 Å². The van der Waals surface area contributed by atoms with Gasteiger partial charge in [0.1, 0.15) is 0 Å². The van der Waals surface area contributed by atoms with E-state index >= 15 is 0 Å². The predicted molar refractivity (Wildman–Crippen MR) is 99.0 cm³/mol. The molecule has 0 amide bonds. The summed E-state index contributed by atoms with van der Waals surface area (Å²) in [6, 6.07) is 11.0. The summed E-state index contributed by atoms with van der Waals surface area (Å²) >= 11 is 17.3. The zero-order valence-corrected chi connectivity index (χ0v) is 14.7. The molecule has 0 aliphatic rings. The van der Waals surface area contributed by atoms with Crippen LogP contribution in [0.15, 0.2) is 47.6 Å². The third-order valence-electron chi connectivity index (χ3n) is 3.23. The van der Waals surface area contributed by atoms with Crippen LogP contribution >= 0.6 is 35.4 Å². The number of nitro benzene ring substituents is 1. The second-order valence-corrected chi connectivity index (χ2v) is 6.12. The summed E-state index contributed by atoms with van der Waals surface area (Å²) in [7, 11) is 0. The Morgan fingerprint density at radius 1 is 1.28 bits per heavy atom. The average molecular weight is 394 g/mol. The molecule has 0 aliphatic carbocycles. The SMILES string of the molecule is O=[N+]([O-])c1cccc(/C=N/n2c(-c3ccc(Cl)cc3Cl)n[nH]c2=S)c1. The van der Waals surface area contributed by atoms with E-state index in [2.05, 4.69) is 15.3 Å². The van der Waals surface area contributed by atoms with Crippen molar-refractivity contribution in [2.24, 2.45) is 5.10 Å². The number of aromatic amines is 1. The van der Waals surface area contributed by atoms with Gasteiger partial charge in [-0.3, -0.25) is 10.1 Å². The van der Waals surface area contributed by atoms with Gasteiger partial charge in [-0.05, 0) is 30.4 Å². The van der Waals surface area contributed by atoms with Crippen LogP contribution in [0.3, 0.4) is 0 Å². The molecule has 0 unspecified atom stereocenters. The Balaban J connectivity index is 2.01. The first-order chi connectivity index (χ1) is 12.0. The number of nitro groups is 1. The number of rotatable bonds is 4. The summed E-state index contributed by atoms with van der Waals surface area (Å²) in [6.45, 7) is 0. The molecule has 1 heterocycles. The molecule has 0 saturated carbocycles. The fraction of sp³-hybridized carbons (Fsp3) is 0. The van der Waals surface area contributed by atoms with E-state index < -0.39 is 4.92 Å². The lowest BCUT2D eigenvalue weighted by atomic mass is 10.2. The normalized spacial score (nSPS) is 11.1. The Morgan fingerprint density at radius 2 is 2.08 bits per heavy atom. The van der Waals surface area contributed by atoms with Gasteiger partial charge in [0.2, 0.25) is 4.77 Å². The van der Waals surface area contributed by atoms with E-state index in [1.165, 1.54) is 23.0 Å². The third-order valence-corrected chi connectivity index (χ3v) is 4.04. The molecule has 3 aromatic rings. The number of aromatic nitrogens is 3. The highest BCUT2D eigenvalue weighted by Gasteiger charge is 2.12. The molecule has 7 nitrogen and oxygen atoms in total. The number of halogens is 2. The van der Waals surface area contributed by atoms with Crippen LogP contribution in [-0.2, 0) is 0 Å². The van der Waals surface area contributed by atoms with E-state index in [1.807, 2.05) is 0 Å². The minimum absolute atomic E-state index is 0.0271. The lowest BCUT2D eigenvalue weighted by molar-refractivity contribution is -0.384. The Bertz CT molecular complexity index is 1040. The van der Waals surface area contributed by atoms with Crippen LogP contribution in [0.2, 0.25) is 10.0 Å². The molecule has 0 saturated heterocycles. The third kappa shape index (κ3) is 3.76. The topological polar surface area (TPSA) is 89.1 Å². The van der Waals surface area contributed by atoms with Crippen molar-refractivity contribution < 1.29 is 4.92 Å². The van der Waals surface area contributed by atoms with Gasteiger partial charge in [0.15, 0.2) is 5.82 Å². The quantitative estimate of drug-likeness (QED) is 0.301. The van der Waals surface area contributed by atoms with Gasteiger partial charge in [-0.1, -0.05) is 35.3 Å². The number of nitrogens with one attached hydrogen (secondary N) is 1. The monoisotopic (exact) mass is 393 g/mol. The van der Waals surface area contributed by atoms with E-state index in [4.69, 9.17) is 35.4 Å². The Morgan fingerprint density at radius 3 is 2.80 bits per heavy atom. The maximum absolute atomic E-state index is 10.8. The molecule has 0 atom stereocenters. The Hall–Kier alpha value is -2.55. The molecule has 0 bridgehead atoms. The summed E-state index contributed by atoms with van der Waals surface area (Å²) < 4.78 is 1.63. The van der Waals surface area contributed by atoms with Gasteiger partial charge in [-0.2, -0.15) is 14.9 Å². The molecule has 1 aromatic heterocycles. The Kier molecular flexibility index (Phi) is 4.93. The molecular formula is C15H9Cl2N5O2S. The molecule has 0 aliphatic heterocycles. The standard InChI is InChI=1S/C15H9Cl2N5O2S/c16-10-4-5-12(13(17)7-10)14-19-20-15(25)21(14)18-8-9-2-1-3-11(6-9)22(23)24/h1-8H,(H,20,25)/b18-8+. The molecule has 0 radical (unpaired) electrons. The average Bonchev–Trinajstić information content (AvgIpc) is 2.94. The molecule has 3 rings (SSSR count). The molecule has 10 heteroatoms. The van der Waals surface area contributed by atoms with E-state index in [1.54, 1.807) is 30.3 Å². The van der Waals surface area contributed by atoms with Crippen LogP contribution in [0.5, 0.6) is 0 Å². The maximum Gasteiger partial charge on any atom is 0.270 e. The number of benzene rings is 2. The van der Waals surface area contributed by atoms with E-state index in [-0.39, 0.29) is 10.5 Å². The van der Waals surface area contributed by atoms with Crippen molar-refractivity contribution in [3.8, 4) is 11.4 Å². The van der Waals surface area contributed by atoms with Crippen LogP contribution in [-0.4, -0.2) is 26.0 Å². The van der Waals surface area contributed by atoms with Gasteiger partial charge in [0.25, 0.3) is 5.69 Å². The lowest BCUT2D eigenvalue weighted by Crippen LogP contribution is -1.96. The van der Waals surface area contributed by atoms with Crippen LogP contribution in [0.25, 0.3) is 11.4 Å². The molecule has 1 N–H and O–H groups in total. The summed E-state index contributed by atoms with van der Waals surface area (Å²) in [5.74, 6) is 0.397. The van der Waals surface area contributed by atoms with Gasteiger partial charge in [0.05, 0.1) is 16.2 Å². The number of H-pyrrole nitrogens is 1. The van der Waals surface area contributed by atoms with Gasteiger partial charge in [0, 0.05) is 28.3 Å². The van der Waals surface area contributed by atoms with E-state index in [0.29, 0.717) is 27.0 Å². The fourth-order valence-electron chi connectivity index (χ4n) is 2.09. The second kappa shape index (κ2) is 7.14. The fourth-order valence-corrected chi connectivity index (χ4v) is 2.76. The van der Waals surface area contributed by atoms with Crippen molar-refractivity contribution in [3.63, 3.8) is 0 Å². The zero-order valence-electron chi connectivity index (χ0n) is 12.4. The second-order valence-electron chi connectivity index (χ2n) is 4.89. The maximum atomic E-state index is 10.8. The number of non-ortho nitro benzene ring substituents is 1. The minimum atomic E-state index is -0.472. The molecule has 126 valence electrons. The van der Waals surface area contributed by atoms with Gasteiger partial charge >= 0.3 is 0 Å². The Labute approximate surface area is 156 Å². The molecular weight excluding hydrogens is 385 g/mol. The first-order valence-electron chi connectivity index (χ1n) is 6.87. The first kappa shape index (κ1) is 17.3. The highest BCUT2D eigenvalue weighted by molar-refractivity contribution is 7.71. The predicted octanol–water partition coefficient (Wildman–Crippen LogP) is 4.70. The molecule has 0 fully saturated rings. The zero-order chi connectivity index (χ0) is 18.0. The summed E-state index contributed by atoms with van der Waals surface area (Å²) in [4.78, 5) is 10.4. The lowest BCUT2D eigenvalue weighted by Gasteiger charge is -2.04. The number of hydrogen-bond donors (Lipinski definition) is 1. The van der Waals surface area contributed by atoms with Crippen molar-refractivity contribution >= 4 is 47.3 Å².